The van der Waals surface area contributed by atoms with Crippen LogP contribution in [0, 0.1) is 0 Å². The van der Waals surface area contributed by atoms with E-state index in [1.807, 2.05) is 63.3 Å². The van der Waals surface area contributed by atoms with Gasteiger partial charge in [-0.3, -0.25) is 0 Å². The third kappa shape index (κ3) is 2.43. The summed E-state index contributed by atoms with van der Waals surface area (Å²) in [5, 5.41) is 1.09. The van der Waals surface area contributed by atoms with Crippen molar-refractivity contribution in [2.24, 2.45) is 0 Å². The molecular weight excluding hydrogens is 196 g/mol. The summed E-state index contributed by atoms with van der Waals surface area (Å²) >= 11 is 0. The molecular formula is C15H18O. The number of rotatable bonds is 3. The van der Waals surface area contributed by atoms with Gasteiger partial charge in [0.15, 0.2) is 0 Å². The van der Waals surface area contributed by atoms with Crippen molar-refractivity contribution >= 4 is 24.3 Å². The van der Waals surface area contributed by atoms with Gasteiger partial charge in [-0.2, -0.15) is 0 Å². The second kappa shape index (κ2) is 5.96. The Morgan fingerprint density at radius 2 is 1.88 bits per heavy atom. The first-order valence-corrected chi connectivity index (χ1v) is 5.45. The Morgan fingerprint density at radius 3 is 2.38 bits per heavy atom. The first-order valence-electron chi connectivity index (χ1n) is 5.45. The molecule has 16 heavy (non-hydrogen) atoms. The van der Waals surface area contributed by atoms with E-state index < -0.39 is 0 Å². The summed E-state index contributed by atoms with van der Waals surface area (Å²) in [7, 11) is 0. The lowest BCUT2D eigenvalue weighted by Crippen LogP contribution is -2.20. The van der Waals surface area contributed by atoms with Crippen molar-refractivity contribution in [1.82, 2.24) is 0 Å². The van der Waals surface area contributed by atoms with E-state index in [0.29, 0.717) is 0 Å². The van der Waals surface area contributed by atoms with Gasteiger partial charge in [-0.25, -0.2) is 0 Å². The maximum Gasteiger partial charge on any atom is 0.135 e. The average molecular weight is 214 g/mol. The van der Waals surface area contributed by atoms with Crippen LogP contribution in [0.1, 0.15) is 32.1 Å². The van der Waals surface area contributed by atoms with Gasteiger partial charge >= 0.3 is 0 Å². The van der Waals surface area contributed by atoms with Crippen LogP contribution in [0.25, 0.3) is 24.3 Å². The molecule has 1 heteroatoms. The van der Waals surface area contributed by atoms with Gasteiger partial charge in [-0.05, 0) is 32.9 Å². The Bertz CT molecular complexity index is 525. The zero-order chi connectivity index (χ0) is 12.0. The quantitative estimate of drug-likeness (QED) is 0.753. The number of furan rings is 1. The highest BCUT2D eigenvalue weighted by atomic mass is 16.3. The second-order valence-electron chi connectivity index (χ2n) is 3.34. The van der Waals surface area contributed by atoms with Crippen LogP contribution in [0.4, 0.5) is 0 Å². The number of hydrogen-bond acceptors (Lipinski definition) is 1. The van der Waals surface area contributed by atoms with E-state index in [2.05, 4.69) is 6.58 Å². The lowest BCUT2D eigenvalue weighted by molar-refractivity contribution is 0.521. The molecule has 1 nitrogen and oxygen atoms in total. The maximum absolute atomic E-state index is 5.74. The monoisotopic (exact) mass is 214 g/mol. The molecule has 0 aliphatic rings. The summed E-state index contributed by atoms with van der Waals surface area (Å²) in [5.74, 6) is 0.862. The molecule has 84 valence electrons. The Hall–Kier alpha value is -1.76. The van der Waals surface area contributed by atoms with Crippen LogP contribution in [0.2, 0.25) is 0 Å². The third-order valence-corrected chi connectivity index (χ3v) is 2.28. The standard InChI is InChI=1S/C15H18O/c1-5-9-11-13-12(7-3)15(10-6-2)16-14(13)8-4/h5-11H,3H2,1-2,4H3/b9-5-,10-6-,13-11-,14-8+. The SMILES string of the molecule is C=Cc1c(/C=C\C)oc(=C/C)/c1=C\C=C/C. The molecule has 0 unspecified atom stereocenters. The molecule has 0 spiro atoms. The van der Waals surface area contributed by atoms with Gasteiger partial charge in [0.25, 0.3) is 0 Å². The predicted octanol–water partition coefficient (Wildman–Crippen LogP) is 3.11. The number of allylic oxidation sites excluding steroid dienone is 3. The van der Waals surface area contributed by atoms with Crippen molar-refractivity contribution in [3.63, 3.8) is 0 Å². The summed E-state index contributed by atoms with van der Waals surface area (Å²) in [5.41, 5.74) is 1.94. The fourth-order valence-corrected chi connectivity index (χ4v) is 1.56. The highest BCUT2D eigenvalue weighted by Gasteiger charge is 2.04. The van der Waals surface area contributed by atoms with Gasteiger partial charge < -0.3 is 4.42 Å². The van der Waals surface area contributed by atoms with Crippen LogP contribution >= 0.6 is 0 Å². The van der Waals surface area contributed by atoms with Crippen LogP contribution in [0.15, 0.2) is 29.2 Å². The van der Waals surface area contributed by atoms with Gasteiger partial charge in [0.2, 0.25) is 0 Å². The van der Waals surface area contributed by atoms with Crippen LogP contribution in [0.3, 0.4) is 0 Å². The molecule has 0 radical (unpaired) electrons. The smallest absolute Gasteiger partial charge is 0.135 e. The number of hydrogen-bond donors (Lipinski definition) is 0. The topological polar surface area (TPSA) is 13.1 Å². The first-order chi connectivity index (χ1) is 7.78. The van der Waals surface area contributed by atoms with E-state index in [9.17, 15) is 0 Å². The van der Waals surface area contributed by atoms with E-state index in [-0.39, 0.29) is 0 Å². The van der Waals surface area contributed by atoms with Gasteiger partial charge in [-0.15, -0.1) is 0 Å². The molecule has 0 amide bonds. The molecule has 1 aromatic rings. The summed E-state index contributed by atoms with van der Waals surface area (Å²) in [4.78, 5) is 0. The highest BCUT2D eigenvalue weighted by molar-refractivity contribution is 5.63. The molecule has 0 aromatic carbocycles. The van der Waals surface area contributed by atoms with Crippen LogP contribution in [0.5, 0.6) is 0 Å². The molecule has 0 atom stereocenters. The summed E-state index contributed by atoms with van der Waals surface area (Å²) in [6, 6.07) is 0. The Morgan fingerprint density at radius 1 is 1.12 bits per heavy atom. The molecule has 0 bridgehead atoms. The lowest BCUT2D eigenvalue weighted by atomic mass is 10.1. The Balaban J connectivity index is 3.63. The molecule has 1 aromatic heterocycles. The minimum Gasteiger partial charge on any atom is -0.456 e. The van der Waals surface area contributed by atoms with Gasteiger partial charge in [0.05, 0.1) is 0 Å². The van der Waals surface area contributed by atoms with E-state index >= 15 is 0 Å². The van der Waals surface area contributed by atoms with Gasteiger partial charge in [-0.1, -0.05) is 37.0 Å². The van der Waals surface area contributed by atoms with Crippen molar-refractivity contribution in [2.75, 3.05) is 0 Å². The zero-order valence-electron chi connectivity index (χ0n) is 10.2. The van der Waals surface area contributed by atoms with Crippen LogP contribution < -0.4 is 10.6 Å². The fourth-order valence-electron chi connectivity index (χ4n) is 1.56. The van der Waals surface area contributed by atoms with E-state index in [1.54, 1.807) is 0 Å². The van der Waals surface area contributed by atoms with Gasteiger partial charge in [0, 0.05) is 10.8 Å². The Kier molecular flexibility index (Phi) is 4.59. The average Bonchev–Trinajstić information content (AvgIpc) is 2.64. The predicted molar refractivity (Wildman–Crippen MR) is 72.2 cm³/mol. The highest BCUT2D eigenvalue weighted by Crippen LogP contribution is 2.06. The second-order valence-corrected chi connectivity index (χ2v) is 3.34. The summed E-state index contributed by atoms with van der Waals surface area (Å²) < 4.78 is 5.74. The maximum atomic E-state index is 5.74. The minimum atomic E-state index is 0.862. The molecule has 0 aliphatic carbocycles. The largest absolute Gasteiger partial charge is 0.456 e. The minimum absolute atomic E-state index is 0.862. The molecule has 0 saturated carbocycles. The molecule has 0 aliphatic heterocycles. The zero-order valence-corrected chi connectivity index (χ0v) is 10.2. The van der Waals surface area contributed by atoms with Gasteiger partial charge in [0.1, 0.15) is 11.2 Å². The van der Waals surface area contributed by atoms with E-state index in [0.717, 1.165) is 22.0 Å². The first kappa shape index (κ1) is 12.3. The summed E-state index contributed by atoms with van der Waals surface area (Å²) in [6.45, 7) is 9.77. The molecule has 0 saturated heterocycles. The molecule has 0 fully saturated rings. The van der Waals surface area contributed by atoms with Crippen molar-refractivity contribution in [1.29, 1.82) is 0 Å². The molecule has 0 N–H and O–H groups in total. The normalized spacial score (nSPS) is 14.4. The van der Waals surface area contributed by atoms with E-state index in [1.165, 1.54) is 0 Å². The van der Waals surface area contributed by atoms with Crippen LogP contribution in [-0.4, -0.2) is 0 Å². The van der Waals surface area contributed by atoms with Crippen molar-refractivity contribution in [3.05, 3.63) is 46.8 Å². The fraction of sp³-hybridized carbons (Fsp3) is 0.200. The third-order valence-electron chi connectivity index (χ3n) is 2.28. The lowest BCUT2D eigenvalue weighted by Gasteiger charge is -1.87. The van der Waals surface area contributed by atoms with Crippen molar-refractivity contribution in [2.45, 2.75) is 20.8 Å². The molecule has 1 heterocycles. The van der Waals surface area contributed by atoms with E-state index in [4.69, 9.17) is 4.42 Å². The Labute approximate surface area is 96.8 Å². The van der Waals surface area contributed by atoms with Crippen molar-refractivity contribution in [3.8, 4) is 0 Å². The summed E-state index contributed by atoms with van der Waals surface area (Å²) in [6.07, 6.45) is 13.8. The van der Waals surface area contributed by atoms with Crippen molar-refractivity contribution < 1.29 is 4.42 Å². The van der Waals surface area contributed by atoms with Crippen LogP contribution in [-0.2, 0) is 0 Å². The molecule has 1 rings (SSSR count).